The Morgan fingerprint density at radius 3 is 2.29 bits per heavy atom. The number of aliphatic hydroxyl groups is 2. The predicted molar refractivity (Wildman–Crippen MR) is 172 cm³/mol. The molecule has 2 unspecified atom stereocenters. The molecular formula is C37H40N4O4. The molecule has 0 spiro atoms. The van der Waals surface area contributed by atoms with Crippen LogP contribution in [0.1, 0.15) is 40.3 Å². The van der Waals surface area contributed by atoms with Crippen LogP contribution in [-0.4, -0.2) is 68.3 Å². The van der Waals surface area contributed by atoms with Crippen LogP contribution in [0.2, 0.25) is 0 Å². The van der Waals surface area contributed by atoms with Gasteiger partial charge in [0, 0.05) is 44.4 Å². The predicted octanol–water partition coefficient (Wildman–Crippen LogP) is 4.31. The van der Waals surface area contributed by atoms with Gasteiger partial charge < -0.3 is 25.3 Å². The van der Waals surface area contributed by atoms with E-state index >= 15 is 0 Å². The minimum Gasteiger partial charge on any atom is -0.391 e. The van der Waals surface area contributed by atoms with Gasteiger partial charge in [0.1, 0.15) is 0 Å². The van der Waals surface area contributed by atoms with Crippen LogP contribution in [0, 0.1) is 5.92 Å². The summed E-state index contributed by atoms with van der Waals surface area (Å²) in [4.78, 5) is 35.3. The number of nitrogens with one attached hydrogen (secondary N) is 1. The van der Waals surface area contributed by atoms with Crippen LogP contribution in [-0.2, 0) is 30.6 Å². The Morgan fingerprint density at radius 2 is 1.56 bits per heavy atom. The highest BCUT2D eigenvalue weighted by molar-refractivity contribution is 5.80. The van der Waals surface area contributed by atoms with Crippen molar-refractivity contribution in [3.63, 3.8) is 0 Å². The van der Waals surface area contributed by atoms with Gasteiger partial charge >= 0.3 is 6.03 Å². The number of carbonyl (C=O) groups excluding carboxylic acids is 2. The van der Waals surface area contributed by atoms with Crippen LogP contribution in [0.5, 0.6) is 0 Å². The van der Waals surface area contributed by atoms with Gasteiger partial charge in [0.15, 0.2) is 0 Å². The largest absolute Gasteiger partial charge is 0.391 e. The Kier molecular flexibility index (Phi) is 9.52. The van der Waals surface area contributed by atoms with E-state index in [2.05, 4.69) is 22.4 Å². The highest BCUT2D eigenvalue weighted by Gasteiger charge is 2.39. The zero-order valence-electron chi connectivity index (χ0n) is 25.3. The summed E-state index contributed by atoms with van der Waals surface area (Å²) < 4.78 is 0. The normalized spacial score (nSPS) is 20.6. The average molecular weight is 605 g/mol. The smallest absolute Gasteiger partial charge is 0.320 e. The highest BCUT2D eigenvalue weighted by Crippen LogP contribution is 2.32. The molecule has 232 valence electrons. The van der Waals surface area contributed by atoms with Crippen LogP contribution < -0.4 is 5.32 Å². The molecule has 6 rings (SSSR count). The molecular weight excluding hydrogens is 564 g/mol. The zero-order valence-corrected chi connectivity index (χ0v) is 25.3. The molecule has 1 fully saturated rings. The summed E-state index contributed by atoms with van der Waals surface area (Å²) in [7, 11) is 0. The Bertz CT molecular complexity index is 1570. The van der Waals surface area contributed by atoms with Crippen LogP contribution in [0.4, 0.5) is 4.79 Å². The van der Waals surface area contributed by atoms with Crippen molar-refractivity contribution < 1.29 is 19.8 Å². The van der Waals surface area contributed by atoms with E-state index in [1.54, 1.807) is 17.3 Å². The molecule has 1 saturated heterocycles. The standard InChI is InChI=1S/C37H40N4O4/c42-32(25-41-31(20-27-11-5-2-6-12-27)24-40(37(41)45)23-28-15-17-38-18-16-28)21-30(19-26-9-3-1-4-10-26)36(44)39-35-33-14-8-7-13-29(33)22-34(35)43/h1-18,30-32,34-35,42-43H,19-25H2,(H,39,44)/t30-,31?,32+,34-,35?/m1/s1. The van der Waals surface area contributed by atoms with Gasteiger partial charge in [0.2, 0.25) is 5.91 Å². The van der Waals surface area contributed by atoms with Gasteiger partial charge in [-0.3, -0.25) is 9.78 Å². The van der Waals surface area contributed by atoms with Crippen molar-refractivity contribution in [2.45, 2.75) is 56.5 Å². The Morgan fingerprint density at radius 1 is 0.889 bits per heavy atom. The van der Waals surface area contributed by atoms with E-state index in [9.17, 15) is 19.8 Å². The maximum absolute atomic E-state index is 13.8. The quantitative estimate of drug-likeness (QED) is 0.224. The highest BCUT2D eigenvalue weighted by atomic mass is 16.3. The molecule has 3 aromatic carbocycles. The fourth-order valence-electron chi connectivity index (χ4n) is 6.73. The first-order valence-electron chi connectivity index (χ1n) is 15.7. The number of nitrogens with zero attached hydrogens (tertiary/aromatic N) is 3. The first kappa shape index (κ1) is 30.5. The zero-order chi connectivity index (χ0) is 31.2. The molecule has 0 saturated carbocycles. The number of hydrogen-bond donors (Lipinski definition) is 3. The number of aliphatic hydroxyl groups excluding tert-OH is 2. The van der Waals surface area contributed by atoms with E-state index in [0.29, 0.717) is 32.4 Å². The summed E-state index contributed by atoms with van der Waals surface area (Å²) in [5.74, 6) is -0.771. The molecule has 8 nitrogen and oxygen atoms in total. The van der Waals surface area contributed by atoms with Gasteiger partial charge in [0.05, 0.1) is 24.3 Å². The van der Waals surface area contributed by atoms with Crippen molar-refractivity contribution in [3.8, 4) is 0 Å². The molecule has 2 heterocycles. The van der Waals surface area contributed by atoms with Crippen LogP contribution >= 0.6 is 0 Å². The number of β-amino-alcohol motifs (C(OH)–C–C–N with tert-alkyl or cyclic N) is 1. The number of pyridine rings is 1. The van der Waals surface area contributed by atoms with Gasteiger partial charge in [-0.05, 0) is 59.2 Å². The molecule has 8 heteroatoms. The third-order valence-electron chi connectivity index (χ3n) is 8.99. The summed E-state index contributed by atoms with van der Waals surface area (Å²) in [6, 6.07) is 30.7. The Balaban J connectivity index is 1.18. The van der Waals surface area contributed by atoms with E-state index in [1.165, 1.54) is 0 Å². The Labute approximate surface area is 264 Å². The lowest BCUT2D eigenvalue weighted by molar-refractivity contribution is -0.127. The number of rotatable bonds is 12. The maximum Gasteiger partial charge on any atom is 0.320 e. The topological polar surface area (TPSA) is 106 Å². The van der Waals surface area contributed by atoms with E-state index < -0.39 is 24.2 Å². The molecule has 0 radical (unpaired) electrons. The molecule has 1 aromatic heterocycles. The fourth-order valence-corrected chi connectivity index (χ4v) is 6.73. The Hall–Kier alpha value is -4.53. The van der Waals surface area contributed by atoms with Crippen LogP contribution in [0.15, 0.2) is 109 Å². The van der Waals surface area contributed by atoms with E-state index in [1.807, 2.05) is 89.8 Å². The molecule has 45 heavy (non-hydrogen) atoms. The molecule has 3 amide bonds. The SMILES string of the molecule is O=C(NC1c2ccccc2C[C@H]1O)[C@H](Cc1ccccc1)C[C@H](O)CN1C(=O)N(Cc2ccncc2)CC1Cc1ccccc1. The van der Waals surface area contributed by atoms with Gasteiger partial charge in [-0.2, -0.15) is 0 Å². The summed E-state index contributed by atoms with van der Waals surface area (Å²) in [5, 5.41) is 25.4. The number of aromatic nitrogens is 1. The molecule has 0 bridgehead atoms. The number of hydrogen-bond acceptors (Lipinski definition) is 5. The van der Waals surface area contributed by atoms with Crippen molar-refractivity contribution in [2.75, 3.05) is 13.1 Å². The van der Waals surface area contributed by atoms with E-state index in [4.69, 9.17) is 0 Å². The van der Waals surface area contributed by atoms with Crippen molar-refractivity contribution in [3.05, 3.63) is 137 Å². The minimum atomic E-state index is -0.923. The van der Waals surface area contributed by atoms with E-state index in [-0.39, 0.29) is 30.9 Å². The molecule has 5 atom stereocenters. The first-order chi connectivity index (χ1) is 21.9. The van der Waals surface area contributed by atoms with Crippen LogP contribution in [0.25, 0.3) is 0 Å². The lowest BCUT2D eigenvalue weighted by Crippen LogP contribution is -2.44. The molecule has 1 aliphatic heterocycles. The fraction of sp³-hybridized carbons (Fsp3) is 0.324. The summed E-state index contributed by atoms with van der Waals surface area (Å²) >= 11 is 0. The minimum absolute atomic E-state index is 0.122. The van der Waals surface area contributed by atoms with Crippen molar-refractivity contribution >= 4 is 11.9 Å². The van der Waals surface area contributed by atoms with Crippen LogP contribution in [0.3, 0.4) is 0 Å². The van der Waals surface area contributed by atoms with Crippen molar-refractivity contribution in [2.24, 2.45) is 5.92 Å². The number of amides is 3. The number of benzene rings is 3. The first-order valence-corrected chi connectivity index (χ1v) is 15.7. The lowest BCUT2D eigenvalue weighted by atomic mass is 9.91. The second-order valence-corrected chi connectivity index (χ2v) is 12.2. The van der Waals surface area contributed by atoms with Crippen molar-refractivity contribution in [1.82, 2.24) is 20.1 Å². The van der Waals surface area contributed by atoms with Crippen molar-refractivity contribution in [1.29, 1.82) is 0 Å². The maximum atomic E-state index is 13.8. The summed E-state index contributed by atoms with van der Waals surface area (Å²) in [6.45, 7) is 1.12. The van der Waals surface area contributed by atoms with E-state index in [0.717, 1.165) is 27.8 Å². The summed E-state index contributed by atoms with van der Waals surface area (Å²) in [5.41, 5.74) is 5.06. The third kappa shape index (κ3) is 7.41. The molecule has 2 aliphatic rings. The monoisotopic (exact) mass is 604 g/mol. The summed E-state index contributed by atoms with van der Waals surface area (Å²) in [6.07, 6.45) is 3.58. The molecule has 3 N–H and O–H groups in total. The van der Waals surface area contributed by atoms with Gasteiger partial charge in [-0.1, -0.05) is 84.9 Å². The third-order valence-corrected chi connectivity index (χ3v) is 8.99. The molecule has 1 aliphatic carbocycles. The van der Waals surface area contributed by atoms with Gasteiger partial charge in [-0.25, -0.2) is 4.79 Å². The average Bonchev–Trinajstić information content (AvgIpc) is 3.52. The number of urea groups is 1. The number of fused-ring (bicyclic) bond motifs is 1. The number of carbonyl (C=O) groups is 2. The second kappa shape index (κ2) is 14.1. The van der Waals surface area contributed by atoms with Gasteiger partial charge in [0.25, 0.3) is 0 Å². The molecule has 4 aromatic rings. The van der Waals surface area contributed by atoms with Gasteiger partial charge in [-0.15, -0.1) is 0 Å². The second-order valence-electron chi connectivity index (χ2n) is 12.2. The lowest BCUT2D eigenvalue weighted by Gasteiger charge is -2.28.